The minimum absolute atomic E-state index is 0.0765. The van der Waals surface area contributed by atoms with Crippen LogP contribution in [0.25, 0.3) is 0 Å². The van der Waals surface area contributed by atoms with Gasteiger partial charge in [-0.1, -0.05) is 24.5 Å². The molecule has 8 heteroatoms. The Morgan fingerprint density at radius 2 is 1.76 bits per heavy atom. The molecule has 2 rings (SSSR count). The van der Waals surface area contributed by atoms with Gasteiger partial charge >= 0.3 is 14.4 Å². The van der Waals surface area contributed by atoms with Gasteiger partial charge in [0.05, 0.1) is 12.7 Å². The molecule has 0 aliphatic carbocycles. The molecule has 3 N–H and O–H groups in total. The molecule has 0 saturated heterocycles. The number of ether oxygens (including phenoxy) is 1. The van der Waals surface area contributed by atoms with Gasteiger partial charge in [0.1, 0.15) is 11.8 Å². The van der Waals surface area contributed by atoms with Crippen molar-refractivity contribution in [3.8, 4) is 5.75 Å². The third-order valence-electron chi connectivity index (χ3n) is 5.64. The van der Waals surface area contributed by atoms with E-state index in [4.69, 9.17) is 4.74 Å². The molecule has 1 amide bonds. The molecule has 0 heterocycles. The summed E-state index contributed by atoms with van der Waals surface area (Å²) in [7, 11) is 0.383. The lowest BCUT2D eigenvalue weighted by Crippen LogP contribution is -2.42. The molecule has 0 radical (unpaired) electrons. The average Bonchev–Trinajstić information content (AvgIpc) is 2.75. The first-order valence-corrected chi connectivity index (χ1v) is 11.7. The number of rotatable bonds is 9. The van der Waals surface area contributed by atoms with Gasteiger partial charge in [-0.2, -0.15) is 0 Å². The molecule has 0 aliphatic rings. The highest BCUT2D eigenvalue weighted by Crippen LogP contribution is 2.34. The topological polar surface area (TPSA) is 113 Å². The predicted molar refractivity (Wildman–Crippen MR) is 128 cm³/mol. The van der Waals surface area contributed by atoms with Crippen LogP contribution in [-0.2, 0) is 25.9 Å². The predicted octanol–water partition coefficient (Wildman–Crippen LogP) is 4.11. The van der Waals surface area contributed by atoms with E-state index in [2.05, 4.69) is 5.32 Å². The molecule has 2 aromatic carbocycles. The smallest absolute Gasteiger partial charge is 0.364 e. The summed E-state index contributed by atoms with van der Waals surface area (Å²) in [6.45, 7) is 9.21. The fourth-order valence-electron chi connectivity index (χ4n) is 3.76. The zero-order chi connectivity index (χ0) is 24.9. The van der Waals surface area contributed by atoms with Crippen molar-refractivity contribution in [2.75, 3.05) is 7.11 Å². The quantitative estimate of drug-likeness (QED) is 0.373. The van der Waals surface area contributed by atoms with Gasteiger partial charge in [-0.15, -0.1) is 0 Å². The van der Waals surface area contributed by atoms with Crippen LogP contribution in [0.1, 0.15) is 65.4 Å². The number of hydrogen-bond acceptors (Lipinski definition) is 6. The van der Waals surface area contributed by atoms with E-state index in [1.807, 2.05) is 39.8 Å². The number of phenolic OH excluding ortho intramolecular Hbond substituents is 1. The Kier molecular flexibility index (Phi) is 8.76. The number of nitrogens with one attached hydrogen (secondary N) is 1. The van der Waals surface area contributed by atoms with Gasteiger partial charge in [-0.3, -0.25) is 4.79 Å². The van der Waals surface area contributed by atoms with E-state index in [9.17, 15) is 24.4 Å². The first-order valence-electron chi connectivity index (χ1n) is 10.8. The van der Waals surface area contributed by atoms with E-state index in [-0.39, 0.29) is 17.2 Å². The lowest BCUT2D eigenvalue weighted by Gasteiger charge is -2.19. The Hall–Kier alpha value is -2.76. The highest BCUT2D eigenvalue weighted by atomic mass is 31.1. The molecule has 0 fully saturated rings. The van der Waals surface area contributed by atoms with Crippen molar-refractivity contribution in [1.82, 2.24) is 5.32 Å². The third kappa shape index (κ3) is 6.62. The van der Waals surface area contributed by atoms with Crippen molar-refractivity contribution < 1.29 is 29.1 Å². The Morgan fingerprint density at radius 1 is 1.15 bits per heavy atom. The van der Waals surface area contributed by atoms with Crippen molar-refractivity contribution in [2.45, 2.75) is 58.8 Å². The van der Waals surface area contributed by atoms with Crippen molar-refractivity contribution in [1.29, 1.82) is 0 Å². The van der Waals surface area contributed by atoms with E-state index in [1.54, 1.807) is 12.1 Å². The molecule has 0 spiro atoms. The van der Waals surface area contributed by atoms with Crippen molar-refractivity contribution in [3.63, 3.8) is 0 Å². The molecular weight excluding hydrogens is 441 g/mol. The largest absolute Gasteiger partial charge is 0.507 e. The number of aliphatic hydroxyl groups is 1. The minimum Gasteiger partial charge on any atom is -0.507 e. The molecule has 0 aliphatic heterocycles. The minimum atomic E-state index is -1.41. The highest BCUT2D eigenvalue weighted by molar-refractivity contribution is 7.25. The summed E-state index contributed by atoms with van der Waals surface area (Å²) in [5.74, 6) is -1.11. The van der Waals surface area contributed by atoms with E-state index in [1.165, 1.54) is 20.1 Å². The maximum Gasteiger partial charge on any atom is 0.364 e. The maximum atomic E-state index is 12.9. The van der Waals surface area contributed by atoms with Gasteiger partial charge in [0, 0.05) is 12.5 Å². The Morgan fingerprint density at radius 3 is 2.27 bits per heavy atom. The van der Waals surface area contributed by atoms with E-state index >= 15 is 0 Å². The number of esters is 1. The van der Waals surface area contributed by atoms with Gasteiger partial charge in [0.2, 0.25) is 0 Å². The van der Waals surface area contributed by atoms with Crippen LogP contribution in [0.15, 0.2) is 30.3 Å². The molecule has 3 atom stereocenters. The van der Waals surface area contributed by atoms with Crippen molar-refractivity contribution in [3.05, 3.63) is 63.7 Å². The van der Waals surface area contributed by atoms with Crippen LogP contribution in [0, 0.1) is 19.8 Å². The van der Waals surface area contributed by atoms with E-state index < -0.39 is 31.7 Å². The SMILES string of the molecule is COC(=O)C(CC(C)C)NC(=O)c1cc(Cc2c(C)cc(C(C)(O)[PH+]=O)cc2C)ccc1O. The van der Waals surface area contributed by atoms with Crippen LogP contribution in [0.3, 0.4) is 0 Å². The molecule has 178 valence electrons. The lowest BCUT2D eigenvalue weighted by atomic mass is 9.92. The van der Waals surface area contributed by atoms with Gasteiger partial charge in [-0.25, -0.2) is 4.79 Å². The third-order valence-corrected chi connectivity index (χ3v) is 6.33. The molecular formula is C25H33NO6P+. The Bertz CT molecular complexity index is 1020. The number of carbonyl (C=O) groups excluding carboxylic acids is 2. The monoisotopic (exact) mass is 474 g/mol. The van der Waals surface area contributed by atoms with Gasteiger partial charge in [-0.05, 0) is 79.1 Å². The van der Waals surface area contributed by atoms with Gasteiger partial charge in [0.25, 0.3) is 11.2 Å². The second kappa shape index (κ2) is 10.9. The van der Waals surface area contributed by atoms with Crippen LogP contribution in [0.4, 0.5) is 0 Å². The number of hydrogen-bond donors (Lipinski definition) is 3. The number of aromatic hydroxyl groups is 1. The van der Waals surface area contributed by atoms with Gasteiger partial charge < -0.3 is 20.3 Å². The normalized spacial score (nSPS) is 14.1. The number of carbonyl (C=O) groups is 2. The summed E-state index contributed by atoms with van der Waals surface area (Å²) >= 11 is 0. The summed E-state index contributed by atoms with van der Waals surface area (Å²) in [6, 6.07) is 7.62. The zero-order valence-corrected chi connectivity index (χ0v) is 21.0. The van der Waals surface area contributed by atoms with Gasteiger partial charge in [0.15, 0.2) is 0 Å². The summed E-state index contributed by atoms with van der Waals surface area (Å²) in [6.07, 6.45) is 0.907. The Labute approximate surface area is 196 Å². The molecule has 3 unspecified atom stereocenters. The number of aryl methyl sites for hydroxylation is 2. The average molecular weight is 475 g/mol. The molecule has 2 aromatic rings. The van der Waals surface area contributed by atoms with E-state index in [0.717, 1.165) is 22.3 Å². The number of amides is 1. The second-order valence-corrected chi connectivity index (χ2v) is 10.1. The fraction of sp³-hybridized carbons (Fsp3) is 0.440. The van der Waals surface area contributed by atoms with Crippen LogP contribution in [0.5, 0.6) is 5.75 Å². The fourth-order valence-corrected chi connectivity index (χ4v) is 4.02. The van der Waals surface area contributed by atoms with Crippen LogP contribution >= 0.6 is 8.46 Å². The summed E-state index contributed by atoms with van der Waals surface area (Å²) in [5, 5.41) is 21.9. The summed E-state index contributed by atoms with van der Waals surface area (Å²) < 4.78 is 16.2. The van der Waals surface area contributed by atoms with Crippen LogP contribution in [0.2, 0.25) is 0 Å². The number of benzene rings is 2. The summed E-state index contributed by atoms with van der Waals surface area (Å²) in [4.78, 5) is 24.9. The summed E-state index contributed by atoms with van der Waals surface area (Å²) in [5.41, 5.74) is 4.31. The Balaban J connectivity index is 2.33. The van der Waals surface area contributed by atoms with E-state index in [0.29, 0.717) is 18.4 Å². The second-order valence-electron chi connectivity index (χ2n) is 8.97. The molecule has 0 bridgehead atoms. The van der Waals surface area contributed by atoms with Crippen molar-refractivity contribution in [2.24, 2.45) is 5.92 Å². The standard InChI is InChI=1S/C25H32NO6P/c1-14(2)9-21(24(29)32-6)26-23(28)20-13-17(7-8-22(20)27)12-19-15(3)10-18(11-16(19)4)25(5,30)33-31/h7-8,10-11,13-14,21,27,30H,9,12H2,1-6H3,(H,26,28)/p+1. The molecule has 33 heavy (non-hydrogen) atoms. The number of methoxy groups -OCH3 is 1. The number of phenols is 1. The maximum absolute atomic E-state index is 12.9. The molecule has 0 saturated carbocycles. The van der Waals surface area contributed by atoms with Crippen molar-refractivity contribution >= 4 is 20.3 Å². The zero-order valence-electron chi connectivity index (χ0n) is 20.0. The first kappa shape index (κ1) is 26.5. The lowest BCUT2D eigenvalue weighted by molar-refractivity contribution is -0.143. The molecule has 7 nitrogen and oxygen atoms in total. The van der Waals surface area contributed by atoms with Crippen LogP contribution in [-0.4, -0.2) is 35.2 Å². The highest BCUT2D eigenvalue weighted by Gasteiger charge is 2.32. The first-order chi connectivity index (χ1) is 15.4. The molecule has 0 aromatic heterocycles. The van der Waals surface area contributed by atoms with Crippen LogP contribution < -0.4 is 5.32 Å².